The summed E-state index contributed by atoms with van der Waals surface area (Å²) in [6, 6.07) is -0.436. The van der Waals surface area contributed by atoms with Crippen molar-refractivity contribution in [3.8, 4) is 0 Å². The number of ketones is 1. The highest BCUT2D eigenvalue weighted by atomic mass is 16.7. The number of esters is 1. The van der Waals surface area contributed by atoms with Crippen molar-refractivity contribution in [2.45, 2.75) is 117 Å². The van der Waals surface area contributed by atoms with Crippen molar-refractivity contribution < 1.29 is 38.4 Å². The molecule has 2 rings (SSSR count). The first-order valence-corrected chi connectivity index (χ1v) is 17.7. The topological polar surface area (TPSA) is 121 Å². The molecule has 0 unspecified atom stereocenters. The Kier molecular flexibility index (Phi) is 15.9. The molecule has 48 heavy (non-hydrogen) atoms. The Morgan fingerprint density at radius 3 is 2.19 bits per heavy atom. The molecule has 12 heteroatoms. The maximum Gasteiger partial charge on any atom is 0.319 e. The molecule has 0 radical (unpaired) electrons. The maximum atomic E-state index is 14.3. The third-order valence-electron chi connectivity index (χ3n) is 10.4. The van der Waals surface area contributed by atoms with Gasteiger partial charge in [0.1, 0.15) is 18.1 Å². The summed E-state index contributed by atoms with van der Waals surface area (Å²) in [5.41, 5.74) is -2.46. The minimum atomic E-state index is -1.48. The molecule has 0 spiro atoms. The van der Waals surface area contributed by atoms with Crippen LogP contribution in [0.3, 0.4) is 0 Å². The third kappa shape index (κ3) is 10.9. The molecule has 0 saturated carbocycles. The highest BCUT2D eigenvalue weighted by Crippen LogP contribution is 2.38. The highest BCUT2D eigenvalue weighted by Gasteiger charge is 2.51. The van der Waals surface area contributed by atoms with Crippen LogP contribution in [-0.4, -0.2) is 160 Å². The van der Waals surface area contributed by atoms with Gasteiger partial charge in [0.25, 0.3) is 0 Å². The van der Waals surface area contributed by atoms with Crippen molar-refractivity contribution in [2.75, 3.05) is 75.1 Å². The molecular weight excluding hydrogens is 616 g/mol. The van der Waals surface area contributed by atoms with E-state index >= 15 is 0 Å². The fraction of sp³-hybridized carbons (Fsp3) is 0.917. The van der Waals surface area contributed by atoms with Gasteiger partial charge in [0.2, 0.25) is 5.91 Å². The van der Waals surface area contributed by atoms with Crippen LogP contribution in [0.5, 0.6) is 0 Å². The van der Waals surface area contributed by atoms with Gasteiger partial charge in [0.05, 0.1) is 17.8 Å². The van der Waals surface area contributed by atoms with Crippen LogP contribution in [0.25, 0.3) is 0 Å². The molecule has 0 bridgehead atoms. The lowest BCUT2D eigenvalue weighted by Crippen LogP contribution is -2.59. The molecule has 0 aromatic rings. The van der Waals surface area contributed by atoms with Crippen LogP contribution in [0.15, 0.2) is 0 Å². The number of aliphatic hydroxyl groups excluding tert-OH is 1. The number of hydrogen-bond donors (Lipinski definition) is 1. The number of ether oxygens (including phenoxy) is 4. The predicted molar refractivity (Wildman–Crippen MR) is 186 cm³/mol. The standard InChI is InChI=1S/C36H68N4O8/c1-23(2)47-33(30(42)26(5)38(11)12)48-32-25(4)31(43)35(6,7)34(44)46-22-28(39(13)19-24(3)18-36(32,8)45-14)27-20-40(21-27)29(41)16-15-17-37(9)10/h23-28,30,32-33,42H,15-22H2,1-14H3/t24-,25+,26+,28+,30-,32-,33+,36-/m1/s1. The molecule has 1 N–H and O–H groups in total. The van der Waals surface area contributed by atoms with Gasteiger partial charge in [0, 0.05) is 57.1 Å². The number of Topliss-reactive ketones (excluding diaryl/α,β-unsaturated/α-hetero) is 1. The Hall–Kier alpha value is -1.67. The molecule has 1 amide bonds. The number of methoxy groups -OCH3 is 1. The first-order valence-electron chi connectivity index (χ1n) is 17.7. The summed E-state index contributed by atoms with van der Waals surface area (Å²) >= 11 is 0. The molecule has 2 aliphatic rings. The lowest BCUT2D eigenvalue weighted by molar-refractivity contribution is -0.275. The molecule has 2 saturated heterocycles. The number of aliphatic hydroxyl groups is 1. The van der Waals surface area contributed by atoms with Gasteiger partial charge >= 0.3 is 5.97 Å². The molecular formula is C36H68N4O8. The Labute approximate surface area is 290 Å². The molecule has 12 nitrogen and oxygen atoms in total. The second-order valence-electron chi connectivity index (χ2n) is 16.0. The number of carbonyl (C=O) groups excluding carboxylic acids is 3. The van der Waals surface area contributed by atoms with Gasteiger partial charge in [-0.2, -0.15) is 0 Å². The molecule has 0 aromatic carbocycles. The number of nitrogens with zero attached hydrogens (tertiary/aromatic N) is 4. The zero-order valence-corrected chi connectivity index (χ0v) is 32.4. The minimum Gasteiger partial charge on any atom is -0.463 e. The second kappa shape index (κ2) is 18.0. The van der Waals surface area contributed by atoms with Crippen molar-refractivity contribution in [3.63, 3.8) is 0 Å². The van der Waals surface area contributed by atoms with E-state index in [2.05, 4.69) is 16.7 Å². The Bertz CT molecular complexity index is 1050. The molecule has 0 aromatic heterocycles. The van der Waals surface area contributed by atoms with E-state index in [1.165, 1.54) is 0 Å². The zero-order valence-electron chi connectivity index (χ0n) is 32.4. The van der Waals surface area contributed by atoms with Crippen LogP contribution in [0, 0.1) is 23.2 Å². The smallest absolute Gasteiger partial charge is 0.319 e. The fourth-order valence-electron chi connectivity index (χ4n) is 7.06. The molecule has 280 valence electrons. The van der Waals surface area contributed by atoms with E-state index in [1.54, 1.807) is 27.9 Å². The predicted octanol–water partition coefficient (Wildman–Crippen LogP) is 2.75. The molecule has 8 atom stereocenters. The number of likely N-dealkylation sites (N-methyl/N-ethyl adjacent to an activating group) is 2. The largest absolute Gasteiger partial charge is 0.463 e. The fourth-order valence-corrected chi connectivity index (χ4v) is 7.06. The third-order valence-corrected chi connectivity index (χ3v) is 10.4. The summed E-state index contributed by atoms with van der Waals surface area (Å²) < 4.78 is 25.0. The number of amides is 1. The van der Waals surface area contributed by atoms with Crippen LogP contribution in [-0.2, 0) is 33.3 Å². The summed E-state index contributed by atoms with van der Waals surface area (Å²) in [5, 5.41) is 11.4. The van der Waals surface area contributed by atoms with E-state index in [0.29, 0.717) is 32.5 Å². The van der Waals surface area contributed by atoms with E-state index in [-0.39, 0.29) is 48.3 Å². The summed E-state index contributed by atoms with van der Waals surface area (Å²) in [7, 11) is 11.4. The molecule has 2 aliphatic heterocycles. The molecule has 2 heterocycles. The van der Waals surface area contributed by atoms with Crippen LogP contribution in [0.2, 0.25) is 0 Å². The van der Waals surface area contributed by atoms with Gasteiger partial charge in [-0.1, -0.05) is 13.8 Å². The first kappa shape index (κ1) is 42.5. The number of likely N-dealkylation sites (tertiary alicyclic amines) is 1. The van der Waals surface area contributed by atoms with Crippen LogP contribution >= 0.6 is 0 Å². The van der Waals surface area contributed by atoms with Gasteiger partial charge in [-0.05, 0) is 102 Å². The van der Waals surface area contributed by atoms with Crippen LogP contribution in [0.4, 0.5) is 0 Å². The van der Waals surface area contributed by atoms with Crippen molar-refractivity contribution in [1.82, 2.24) is 19.6 Å². The van der Waals surface area contributed by atoms with E-state index in [0.717, 1.165) is 13.0 Å². The summed E-state index contributed by atoms with van der Waals surface area (Å²) in [6.07, 6.45) is -1.35. The summed E-state index contributed by atoms with van der Waals surface area (Å²) in [6.45, 7) is 17.5. The van der Waals surface area contributed by atoms with Gasteiger partial charge in [-0.15, -0.1) is 0 Å². The summed E-state index contributed by atoms with van der Waals surface area (Å²) in [4.78, 5) is 48.9. The van der Waals surface area contributed by atoms with E-state index in [9.17, 15) is 19.5 Å². The average Bonchev–Trinajstić information content (AvgIpc) is 2.97. The van der Waals surface area contributed by atoms with Crippen molar-refractivity contribution in [2.24, 2.45) is 23.2 Å². The highest BCUT2D eigenvalue weighted by molar-refractivity contribution is 6.04. The Morgan fingerprint density at radius 1 is 1.06 bits per heavy atom. The first-order chi connectivity index (χ1) is 22.2. The number of rotatable bonds is 13. The number of carbonyl (C=O) groups is 3. The lowest BCUT2D eigenvalue weighted by Gasteiger charge is -2.47. The average molecular weight is 685 g/mol. The normalized spacial score (nSPS) is 30.3. The van der Waals surface area contributed by atoms with E-state index in [1.807, 2.05) is 72.7 Å². The van der Waals surface area contributed by atoms with Gasteiger partial charge in [-0.3, -0.25) is 19.3 Å². The van der Waals surface area contributed by atoms with Gasteiger partial charge in [0.15, 0.2) is 12.1 Å². The number of cyclic esters (lactones) is 1. The van der Waals surface area contributed by atoms with Gasteiger partial charge < -0.3 is 38.8 Å². The number of hydrogen-bond acceptors (Lipinski definition) is 11. The van der Waals surface area contributed by atoms with Crippen LogP contribution in [0.1, 0.15) is 74.7 Å². The minimum absolute atomic E-state index is 0.0826. The quantitative estimate of drug-likeness (QED) is 0.175. The van der Waals surface area contributed by atoms with Crippen molar-refractivity contribution in [3.05, 3.63) is 0 Å². The van der Waals surface area contributed by atoms with Crippen molar-refractivity contribution in [1.29, 1.82) is 0 Å². The Balaban J connectivity index is 2.43. The van der Waals surface area contributed by atoms with Crippen molar-refractivity contribution >= 4 is 17.7 Å². The Morgan fingerprint density at radius 2 is 1.67 bits per heavy atom. The summed E-state index contributed by atoms with van der Waals surface area (Å²) in [5.74, 6) is -1.38. The lowest BCUT2D eigenvalue weighted by atomic mass is 9.74. The zero-order chi connectivity index (χ0) is 36.7. The monoisotopic (exact) mass is 685 g/mol. The molecule has 2 fully saturated rings. The second-order valence-corrected chi connectivity index (χ2v) is 16.0. The van der Waals surface area contributed by atoms with Gasteiger partial charge in [-0.25, -0.2) is 0 Å². The SMILES string of the molecule is CO[C@]1(C)C[C@@H](C)CN(C)[C@H](C2CN(C(=O)CCCN(C)C)C2)COC(=O)C(C)(C)C(=O)[C@H](C)[C@H]1O[C@H](OC(C)C)[C@H](O)[C@H](C)N(C)C. The maximum absolute atomic E-state index is 14.3. The van der Waals surface area contributed by atoms with E-state index < -0.39 is 41.4 Å². The molecule has 0 aliphatic carbocycles. The van der Waals surface area contributed by atoms with Crippen LogP contribution < -0.4 is 0 Å². The van der Waals surface area contributed by atoms with E-state index in [4.69, 9.17) is 18.9 Å².